The van der Waals surface area contributed by atoms with Gasteiger partial charge < -0.3 is 15.5 Å². The van der Waals surface area contributed by atoms with Gasteiger partial charge in [-0.1, -0.05) is 0 Å². The van der Waals surface area contributed by atoms with Crippen LogP contribution >= 0.6 is 24.0 Å². The van der Waals surface area contributed by atoms with E-state index in [4.69, 9.17) is 5.73 Å². The van der Waals surface area contributed by atoms with E-state index < -0.39 is 0 Å². The van der Waals surface area contributed by atoms with E-state index in [9.17, 15) is 0 Å². The van der Waals surface area contributed by atoms with Crippen molar-refractivity contribution in [2.45, 2.75) is 0 Å². The van der Waals surface area contributed by atoms with Gasteiger partial charge in [-0.3, -0.25) is 4.99 Å². The number of aliphatic imine (C=N–C) groups is 1. The summed E-state index contributed by atoms with van der Waals surface area (Å²) in [4.78, 5) is 16.7. The van der Waals surface area contributed by atoms with E-state index in [1.165, 1.54) is 0 Å². The van der Waals surface area contributed by atoms with E-state index in [1.807, 2.05) is 6.07 Å². The first-order valence-electron chi connectivity index (χ1n) is 5.30. The third kappa shape index (κ3) is 3.42. The van der Waals surface area contributed by atoms with Crippen molar-refractivity contribution >= 4 is 35.9 Å². The predicted molar refractivity (Wildman–Crippen MR) is 78.8 cm³/mol. The summed E-state index contributed by atoms with van der Waals surface area (Å²) in [5.74, 6) is 1.39. The van der Waals surface area contributed by atoms with Gasteiger partial charge in [-0.05, 0) is 6.07 Å². The normalized spacial score (nSPS) is 16.6. The fraction of sp³-hybridized carbons (Fsp3) is 0.500. The Morgan fingerprint density at radius 3 is 2.35 bits per heavy atom. The second kappa shape index (κ2) is 6.58. The van der Waals surface area contributed by atoms with Crippen LogP contribution < -0.4 is 10.6 Å². The lowest BCUT2D eigenvalue weighted by molar-refractivity contribution is 0.379. The van der Waals surface area contributed by atoms with Crippen LogP contribution in [0.15, 0.2) is 23.5 Å². The zero-order valence-electron chi connectivity index (χ0n) is 9.78. The summed E-state index contributed by atoms with van der Waals surface area (Å²) < 4.78 is 0. The molecule has 0 bridgehead atoms. The van der Waals surface area contributed by atoms with Crippen molar-refractivity contribution in [3.63, 3.8) is 0 Å². The van der Waals surface area contributed by atoms with Crippen molar-refractivity contribution in [2.75, 3.05) is 38.1 Å². The van der Waals surface area contributed by atoms with Crippen molar-refractivity contribution in [2.24, 2.45) is 10.7 Å². The Balaban J connectivity index is 0.00000144. The number of nitrogens with two attached hydrogens (primary N) is 1. The molecular weight excluding hydrogens is 331 g/mol. The number of guanidine groups is 1. The van der Waals surface area contributed by atoms with Gasteiger partial charge in [0.05, 0.1) is 0 Å². The second-order valence-electron chi connectivity index (χ2n) is 3.60. The second-order valence-corrected chi connectivity index (χ2v) is 3.60. The number of nitrogens with zero attached hydrogens (tertiary/aromatic N) is 5. The van der Waals surface area contributed by atoms with Gasteiger partial charge in [-0.25, -0.2) is 9.97 Å². The Morgan fingerprint density at radius 2 is 1.82 bits per heavy atom. The fourth-order valence-corrected chi connectivity index (χ4v) is 1.73. The van der Waals surface area contributed by atoms with Crippen LogP contribution in [-0.2, 0) is 0 Å². The van der Waals surface area contributed by atoms with Gasteiger partial charge in [0.15, 0.2) is 5.96 Å². The van der Waals surface area contributed by atoms with Crippen LogP contribution in [0.3, 0.4) is 0 Å². The van der Waals surface area contributed by atoms with Gasteiger partial charge in [-0.2, -0.15) is 0 Å². The topological polar surface area (TPSA) is 70.6 Å². The molecule has 2 heterocycles. The van der Waals surface area contributed by atoms with Crippen LogP contribution in [-0.4, -0.2) is 54.1 Å². The first-order valence-corrected chi connectivity index (χ1v) is 5.30. The molecule has 6 nitrogen and oxygen atoms in total. The number of aromatic nitrogens is 2. The summed E-state index contributed by atoms with van der Waals surface area (Å²) in [5.41, 5.74) is 5.76. The van der Waals surface area contributed by atoms with E-state index in [-0.39, 0.29) is 24.0 Å². The minimum absolute atomic E-state index is 0. The lowest BCUT2D eigenvalue weighted by Crippen LogP contribution is -2.51. The van der Waals surface area contributed by atoms with Crippen molar-refractivity contribution in [3.8, 4) is 0 Å². The first-order chi connectivity index (χ1) is 7.81. The lowest BCUT2D eigenvalue weighted by atomic mass is 10.3. The molecule has 2 rings (SSSR count). The monoisotopic (exact) mass is 348 g/mol. The Morgan fingerprint density at radius 1 is 1.24 bits per heavy atom. The molecule has 0 aliphatic carbocycles. The summed E-state index contributed by atoms with van der Waals surface area (Å²) in [6, 6.07) is 1.82. The predicted octanol–water partition coefficient (Wildman–Crippen LogP) is 0.161. The van der Waals surface area contributed by atoms with Crippen LogP contribution in [0.4, 0.5) is 5.95 Å². The molecule has 1 aliphatic rings. The molecule has 0 atom stereocenters. The lowest BCUT2D eigenvalue weighted by Gasteiger charge is -2.35. The zero-order chi connectivity index (χ0) is 11.4. The van der Waals surface area contributed by atoms with E-state index in [1.54, 1.807) is 19.4 Å². The van der Waals surface area contributed by atoms with Crippen LogP contribution in [0.25, 0.3) is 0 Å². The maximum Gasteiger partial charge on any atom is 0.225 e. The number of hydrogen-bond acceptors (Lipinski definition) is 4. The van der Waals surface area contributed by atoms with Crippen molar-refractivity contribution in [1.29, 1.82) is 0 Å². The average Bonchev–Trinajstić information content (AvgIpc) is 2.39. The summed E-state index contributed by atoms with van der Waals surface area (Å²) in [6.07, 6.45) is 3.52. The molecule has 1 fully saturated rings. The Bertz CT molecular complexity index is 360. The van der Waals surface area contributed by atoms with Gasteiger partial charge in [0.1, 0.15) is 0 Å². The number of halogens is 1. The summed E-state index contributed by atoms with van der Waals surface area (Å²) >= 11 is 0. The van der Waals surface area contributed by atoms with Gasteiger partial charge in [0.25, 0.3) is 0 Å². The number of hydrogen-bond donors (Lipinski definition) is 1. The minimum Gasteiger partial charge on any atom is -0.370 e. The molecule has 1 aromatic rings. The van der Waals surface area contributed by atoms with Crippen LogP contribution in [0.1, 0.15) is 0 Å². The molecule has 94 valence electrons. The molecule has 0 saturated carbocycles. The standard InChI is InChI=1S/C10H16N6.HI/c1-12-9(11)15-5-7-16(8-6-15)10-13-3-2-4-14-10;/h2-4H,5-8H2,1H3,(H2,11,12);1H. The van der Waals surface area contributed by atoms with Crippen LogP contribution in [0, 0.1) is 0 Å². The molecule has 0 aromatic carbocycles. The van der Waals surface area contributed by atoms with Crippen molar-refractivity contribution in [3.05, 3.63) is 18.5 Å². The number of piperazine rings is 1. The Kier molecular flexibility index (Phi) is 5.39. The molecule has 0 unspecified atom stereocenters. The van der Waals surface area contributed by atoms with E-state index in [2.05, 4.69) is 24.8 Å². The van der Waals surface area contributed by atoms with Crippen LogP contribution in [0.2, 0.25) is 0 Å². The SMILES string of the molecule is CN=C(N)N1CCN(c2ncccn2)CC1.I. The molecule has 0 radical (unpaired) electrons. The van der Waals surface area contributed by atoms with E-state index >= 15 is 0 Å². The number of rotatable bonds is 1. The third-order valence-corrected chi connectivity index (χ3v) is 2.67. The average molecular weight is 348 g/mol. The quantitative estimate of drug-likeness (QED) is 0.445. The molecule has 0 spiro atoms. The van der Waals surface area contributed by atoms with E-state index in [0.717, 1.165) is 32.1 Å². The molecule has 1 aliphatic heterocycles. The molecule has 2 N–H and O–H groups in total. The Labute approximate surface area is 118 Å². The zero-order valence-corrected chi connectivity index (χ0v) is 12.1. The molecule has 7 heteroatoms. The highest BCUT2D eigenvalue weighted by molar-refractivity contribution is 14.0. The minimum atomic E-state index is 0. The molecule has 1 saturated heterocycles. The highest BCUT2D eigenvalue weighted by Crippen LogP contribution is 2.08. The highest BCUT2D eigenvalue weighted by Gasteiger charge is 2.19. The molecular formula is C10H17IN6. The molecule has 0 amide bonds. The van der Waals surface area contributed by atoms with Gasteiger partial charge in [-0.15, -0.1) is 24.0 Å². The smallest absolute Gasteiger partial charge is 0.225 e. The maximum absolute atomic E-state index is 5.76. The molecule has 1 aromatic heterocycles. The fourth-order valence-electron chi connectivity index (χ4n) is 1.73. The van der Waals surface area contributed by atoms with E-state index in [0.29, 0.717) is 5.96 Å². The third-order valence-electron chi connectivity index (χ3n) is 2.67. The maximum atomic E-state index is 5.76. The van der Waals surface area contributed by atoms with Gasteiger partial charge >= 0.3 is 0 Å². The molecule has 17 heavy (non-hydrogen) atoms. The largest absolute Gasteiger partial charge is 0.370 e. The van der Waals surface area contributed by atoms with Crippen LogP contribution in [0.5, 0.6) is 0 Å². The first kappa shape index (κ1) is 13.9. The van der Waals surface area contributed by atoms with Crippen molar-refractivity contribution in [1.82, 2.24) is 14.9 Å². The summed E-state index contributed by atoms with van der Waals surface area (Å²) in [6.45, 7) is 3.48. The highest BCUT2D eigenvalue weighted by atomic mass is 127. The Hall–Kier alpha value is -1.12. The summed E-state index contributed by atoms with van der Waals surface area (Å²) in [5, 5.41) is 0. The van der Waals surface area contributed by atoms with Gasteiger partial charge in [0, 0.05) is 45.6 Å². The van der Waals surface area contributed by atoms with Crippen molar-refractivity contribution < 1.29 is 0 Å². The number of anilines is 1. The summed E-state index contributed by atoms with van der Waals surface area (Å²) in [7, 11) is 1.71. The van der Waals surface area contributed by atoms with Gasteiger partial charge in [0.2, 0.25) is 5.95 Å².